The summed E-state index contributed by atoms with van der Waals surface area (Å²) in [5.74, 6) is 0.537. The molecule has 5 nitrogen and oxygen atoms in total. The summed E-state index contributed by atoms with van der Waals surface area (Å²) in [7, 11) is 1.56. The largest absolute Gasteiger partial charge is 0.481 e. The van der Waals surface area contributed by atoms with Gasteiger partial charge in [0.05, 0.1) is 25.7 Å². The van der Waals surface area contributed by atoms with E-state index in [0.717, 1.165) is 5.69 Å². The Morgan fingerprint density at radius 3 is 3.00 bits per heavy atom. The number of hydrogen-bond donors (Lipinski definition) is 0. The molecule has 0 unspecified atom stereocenters. The van der Waals surface area contributed by atoms with Gasteiger partial charge in [0.15, 0.2) is 0 Å². The van der Waals surface area contributed by atoms with Gasteiger partial charge in [-0.25, -0.2) is 9.97 Å². The van der Waals surface area contributed by atoms with E-state index in [1.54, 1.807) is 13.2 Å². The topological polar surface area (TPSA) is 57.0 Å². The molecule has 0 aliphatic heterocycles. The zero-order chi connectivity index (χ0) is 11.4. The van der Waals surface area contributed by atoms with Gasteiger partial charge in [-0.3, -0.25) is 9.36 Å². The molecule has 0 atom stereocenters. The Kier molecular flexibility index (Phi) is 2.95. The van der Waals surface area contributed by atoms with Crippen LogP contribution < -0.4 is 10.3 Å². The van der Waals surface area contributed by atoms with Gasteiger partial charge in [0.25, 0.3) is 5.56 Å². The third kappa shape index (κ3) is 2.25. The van der Waals surface area contributed by atoms with Crippen LogP contribution in [0.1, 0.15) is 5.69 Å². The minimum atomic E-state index is -0.0976. The second kappa shape index (κ2) is 4.57. The van der Waals surface area contributed by atoms with Gasteiger partial charge in [-0.1, -0.05) is 6.07 Å². The van der Waals surface area contributed by atoms with Crippen molar-refractivity contribution in [1.82, 2.24) is 14.5 Å². The Morgan fingerprint density at radius 2 is 2.25 bits per heavy atom. The molecule has 0 aromatic carbocycles. The Bertz CT molecular complexity index is 537. The maximum absolute atomic E-state index is 11.4. The first-order valence-electron chi connectivity index (χ1n) is 4.80. The fourth-order valence-corrected chi connectivity index (χ4v) is 1.33. The van der Waals surface area contributed by atoms with Gasteiger partial charge in [-0.05, 0) is 6.07 Å². The molecule has 0 saturated carbocycles. The number of ether oxygens (including phenoxy) is 1. The van der Waals surface area contributed by atoms with E-state index in [-0.39, 0.29) is 5.56 Å². The number of rotatable bonds is 3. The van der Waals surface area contributed by atoms with Crippen LogP contribution in [-0.2, 0) is 6.54 Å². The van der Waals surface area contributed by atoms with E-state index in [4.69, 9.17) is 4.74 Å². The highest BCUT2D eigenvalue weighted by atomic mass is 16.5. The monoisotopic (exact) mass is 217 g/mol. The Balaban J connectivity index is 2.27. The van der Waals surface area contributed by atoms with Gasteiger partial charge in [-0.2, -0.15) is 0 Å². The lowest BCUT2D eigenvalue weighted by Crippen LogP contribution is -2.19. The van der Waals surface area contributed by atoms with Crippen molar-refractivity contribution in [1.29, 1.82) is 0 Å². The number of nitrogens with zero attached hydrogens (tertiary/aromatic N) is 3. The van der Waals surface area contributed by atoms with Gasteiger partial charge in [0.1, 0.15) is 0 Å². The quantitative estimate of drug-likeness (QED) is 0.759. The van der Waals surface area contributed by atoms with E-state index >= 15 is 0 Å². The lowest BCUT2D eigenvalue weighted by atomic mass is 10.3. The summed E-state index contributed by atoms with van der Waals surface area (Å²) in [5, 5.41) is 0. The number of methoxy groups -OCH3 is 1. The molecule has 0 saturated heterocycles. The van der Waals surface area contributed by atoms with Gasteiger partial charge >= 0.3 is 0 Å². The average molecular weight is 217 g/mol. The predicted molar refractivity (Wildman–Crippen MR) is 58.4 cm³/mol. The van der Waals surface area contributed by atoms with Crippen LogP contribution >= 0.6 is 0 Å². The van der Waals surface area contributed by atoms with E-state index < -0.39 is 0 Å². The second-order valence-electron chi connectivity index (χ2n) is 3.22. The molecular weight excluding hydrogens is 206 g/mol. The molecule has 0 amide bonds. The van der Waals surface area contributed by atoms with Crippen molar-refractivity contribution < 1.29 is 4.74 Å². The van der Waals surface area contributed by atoms with E-state index in [2.05, 4.69) is 9.97 Å². The molecule has 0 aliphatic rings. The lowest BCUT2D eigenvalue weighted by molar-refractivity contribution is 0.395. The van der Waals surface area contributed by atoms with E-state index in [9.17, 15) is 4.79 Å². The Labute approximate surface area is 92.4 Å². The summed E-state index contributed by atoms with van der Waals surface area (Å²) >= 11 is 0. The highest BCUT2D eigenvalue weighted by molar-refractivity contribution is 5.15. The maximum atomic E-state index is 11.4. The Morgan fingerprint density at radius 1 is 1.38 bits per heavy atom. The highest BCUT2D eigenvalue weighted by Gasteiger charge is 2.00. The minimum Gasteiger partial charge on any atom is -0.481 e. The van der Waals surface area contributed by atoms with Crippen LogP contribution in [0.2, 0.25) is 0 Å². The van der Waals surface area contributed by atoms with Crippen molar-refractivity contribution in [2.75, 3.05) is 7.11 Å². The highest BCUT2D eigenvalue weighted by Crippen LogP contribution is 2.06. The molecule has 2 heterocycles. The summed E-state index contributed by atoms with van der Waals surface area (Å²) in [5.41, 5.74) is 0.661. The zero-order valence-electron chi connectivity index (χ0n) is 8.83. The first-order valence-corrected chi connectivity index (χ1v) is 4.80. The molecule has 2 aromatic rings. The molecule has 5 heteroatoms. The fraction of sp³-hybridized carbons (Fsp3) is 0.182. The molecule has 0 spiro atoms. The third-order valence-corrected chi connectivity index (χ3v) is 2.12. The molecule has 0 fully saturated rings. The molecule has 0 bridgehead atoms. The summed E-state index contributed by atoms with van der Waals surface area (Å²) in [6, 6.07) is 6.85. The standard InChI is InChI=1S/C11H11N3O2/c1-16-10-4-2-3-9(13-10)7-14-8-12-6-5-11(14)15/h2-6,8H,7H2,1H3. The average Bonchev–Trinajstić information content (AvgIpc) is 2.32. The van der Waals surface area contributed by atoms with Crippen LogP contribution in [0.15, 0.2) is 41.6 Å². The second-order valence-corrected chi connectivity index (χ2v) is 3.22. The van der Waals surface area contributed by atoms with Gasteiger partial charge < -0.3 is 4.74 Å². The lowest BCUT2D eigenvalue weighted by Gasteiger charge is -2.05. The molecule has 0 N–H and O–H groups in total. The molecule has 2 rings (SSSR count). The van der Waals surface area contributed by atoms with Crippen LogP contribution in [-0.4, -0.2) is 21.6 Å². The molecule has 0 radical (unpaired) electrons. The Hall–Kier alpha value is -2.17. The van der Waals surface area contributed by atoms with Crippen LogP contribution in [0.4, 0.5) is 0 Å². The van der Waals surface area contributed by atoms with Crippen LogP contribution in [0.25, 0.3) is 0 Å². The fourth-order valence-electron chi connectivity index (χ4n) is 1.33. The molecule has 82 valence electrons. The normalized spacial score (nSPS) is 10.1. The van der Waals surface area contributed by atoms with Crippen molar-refractivity contribution in [3.8, 4) is 5.88 Å². The van der Waals surface area contributed by atoms with Crippen molar-refractivity contribution in [3.05, 3.63) is 52.8 Å². The van der Waals surface area contributed by atoms with Crippen molar-refractivity contribution >= 4 is 0 Å². The molecule has 0 aliphatic carbocycles. The van der Waals surface area contributed by atoms with Crippen LogP contribution in [0.3, 0.4) is 0 Å². The van der Waals surface area contributed by atoms with Crippen LogP contribution in [0.5, 0.6) is 5.88 Å². The molecule has 2 aromatic heterocycles. The zero-order valence-corrected chi connectivity index (χ0v) is 8.83. The van der Waals surface area contributed by atoms with E-state index in [1.807, 2.05) is 12.1 Å². The maximum Gasteiger partial charge on any atom is 0.253 e. The van der Waals surface area contributed by atoms with Crippen molar-refractivity contribution in [2.45, 2.75) is 6.54 Å². The minimum absolute atomic E-state index is 0.0976. The number of pyridine rings is 1. The van der Waals surface area contributed by atoms with Crippen molar-refractivity contribution in [3.63, 3.8) is 0 Å². The van der Waals surface area contributed by atoms with E-state index in [1.165, 1.54) is 23.2 Å². The smallest absolute Gasteiger partial charge is 0.253 e. The first-order chi connectivity index (χ1) is 7.79. The number of hydrogen-bond acceptors (Lipinski definition) is 4. The third-order valence-electron chi connectivity index (χ3n) is 2.12. The van der Waals surface area contributed by atoms with Gasteiger partial charge in [0.2, 0.25) is 5.88 Å². The molecular formula is C11H11N3O2. The van der Waals surface area contributed by atoms with Gasteiger partial charge in [-0.15, -0.1) is 0 Å². The van der Waals surface area contributed by atoms with Crippen molar-refractivity contribution in [2.24, 2.45) is 0 Å². The summed E-state index contributed by atoms with van der Waals surface area (Å²) < 4.78 is 6.50. The number of aromatic nitrogens is 3. The predicted octanol–water partition coefficient (Wildman–Crippen LogP) is 0.695. The summed E-state index contributed by atoms with van der Waals surface area (Å²) in [4.78, 5) is 19.5. The van der Waals surface area contributed by atoms with E-state index in [0.29, 0.717) is 12.4 Å². The molecule has 16 heavy (non-hydrogen) atoms. The summed E-state index contributed by atoms with van der Waals surface area (Å²) in [6.07, 6.45) is 2.96. The SMILES string of the molecule is COc1cccc(Cn2cnccc2=O)n1. The van der Waals surface area contributed by atoms with Gasteiger partial charge in [0, 0.05) is 18.3 Å². The van der Waals surface area contributed by atoms with Crippen LogP contribution in [0, 0.1) is 0 Å². The first kappa shape index (κ1) is 10.4. The summed E-state index contributed by atoms with van der Waals surface area (Å²) in [6.45, 7) is 0.393.